The SMILES string of the molecule is O=C(CSc1nc2ccccc2c(=O)n1C1CCCC1)N[C@@H]1CCS(=O)(=O)C1. The predicted octanol–water partition coefficient (Wildman–Crippen LogP) is 1.91. The number of carbonyl (C=O) groups is 1. The van der Waals surface area contributed by atoms with Crippen LogP contribution in [0.1, 0.15) is 38.1 Å². The van der Waals surface area contributed by atoms with Crippen molar-refractivity contribution in [1.82, 2.24) is 14.9 Å². The second-order valence-corrected chi connectivity index (χ2v) is 10.7. The second kappa shape index (κ2) is 7.87. The van der Waals surface area contributed by atoms with Crippen LogP contribution in [-0.2, 0) is 14.6 Å². The third-order valence-electron chi connectivity index (χ3n) is 5.40. The lowest BCUT2D eigenvalue weighted by molar-refractivity contribution is -0.119. The summed E-state index contributed by atoms with van der Waals surface area (Å²) in [7, 11) is -3.04. The molecule has 1 aliphatic carbocycles. The molecule has 2 heterocycles. The molecule has 1 atom stereocenters. The smallest absolute Gasteiger partial charge is 0.262 e. The molecule has 2 aromatic rings. The van der Waals surface area contributed by atoms with E-state index in [0.717, 1.165) is 25.7 Å². The first-order valence-corrected chi connectivity index (χ1v) is 12.4. The molecule has 2 aliphatic rings. The molecular formula is C19H23N3O4S2. The third-order valence-corrected chi connectivity index (χ3v) is 8.12. The topological polar surface area (TPSA) is 98.1 Å². The first-order chi connectivity index (χ1) is 13.4. The maximum atomic E-state index is 13.1. The fourth-order valence-corrected chi connectivity index (χ4v) is 6.57. The lowest BCUT2D eigenvalue weighted by Gasteiger charge is -2.18. The Bertz CT molecular complexity index is 1060. The number of fused-ring (bicyclic) bond motifs is 1. The number of hydrogen-bond donors (Lipinski definition) is 1. The molecule has 0 bridgehead atoms. The lowest BCUT2D eigenvalue weighted by Crippen LogP contribution is -2.37. The van der Waals surface area contributed by atoms with E-state index >= 15 is 0 Å². The average molecular weight is 422 g/mol. The van der Waals surface area contributed by atoms with Crippen LogP contribution in [0.3, 0.4) is 0 Å². The van der Waals surface area contributed by atoms with Gasteiger partial charge in [0.2, 0.25) is 5.91 Å². The zero-order valence-electron chi connectivity index (χ0n) is 15.5. The Balaban J connectivity index is 1.55. The van der Waals surface area contributed by atoms with Crippen molar-refractivity contribution in [3.8, 4) is 0 Å². The van der Waals surface area contributed by atoms with Crippen molar-refractivity contribution in [3.05, 3.63) is 34.6 Å². The number of nitrogens with zero attached hydrogens (tertiary/aromatic N) is 2. The van der Waals surface area contributed by atoms with Crippen LogP contribution in [0.25, 0.3) is 10.9 Å². The number of carbonyl (C=O) groups excluding carboxylic acids is 1. The Morgan fingerprint density at radius 3 is 2.68 bits per heavy atom. The summed E-state index contributed by atoms with van der Waals surface area (Å²) >= 11 is 1.24. The third kappa shape index (κ3) is 4.10. The molecule has 0 radical (unpaired) electrons. The number of rotatable bonds is 5. The normalized spacial score (nSPS) is 21.9. The van der Waals surface area contributed by atoms with Gasteiger partial charge in [-0.2, -0.15) is 0 Å². The molecule has 28 heavy (non-hydrogen) atoms. The average Bonchev–Trinajstić information content (AvgIpc) is 3.29. The van der Waals surface area contributed by atoms with Gasteiger partial charge in [-0.05, 0) is 31.4 Å². The number of para-hydroxylation sites is 1. The fourth-order valence-electron chi connectivity index (χ4n) is 4.02. The molecule has 1 N–H and O–H groups in total. The highest BCUT2D eigenvalue weighted by atomic mass is 32.2. The van der Waals surface area contributed by atoms with Crippen molar-refractivity contribution >= 4 is 38.4 Å². The summed E-state index contributed by atoms with van der Waals surface area (Å²) in [6.45, 7) is 0. The van der Waals surface area contributed by atoms with Gasteiger partial charge in [-0.25, -0.2) is 13.4 Å². The second-order valence-electron chi connectivity index (χ2n) is 7.48. The molecule has 1 saturated carbocycles. The fraction of sp³-hybridized carbons (Fsp3) is 0.526. The van der Waals surface area contributed by atoms with Gasteiger partial charge in [0.25, 0.3) is 5.56 Å². The quantitative estimate of drug-likeness (QED) is 0.585. The molecule has 2 fully saturated rings. The van der Waals surface area contributed by atoms with E-state index in [-0.39, 0.29) is 40.8 Å². The number of sulfone groups is 1. The lowest BCUT2D eigenvalue weighted by atomic mass is 10.2. The van der Waals surface area contributed by atoms with Crippen LogP contribution in [0.5, 0.6) is 0 Å². The number of aromatic nitrogens is 2. The van der Waals surface area contributed by atoms with Gasteiger partial charge in [-0.1, -0.05) is 36.7 Å². The highest BCUT2D eigenvalue weighted by Gasteiger charge is 2.29. The van der Waals surface area contributed by atoms with Gasteiger partial charge in [0, 0.05) is 12.1 Å². The predicted molar refractivity (Wildman–Crippen MR) is 109 cm³/mol. The van der Waals surface area contributed by atoms with Crippen molar-refractivity contribution in [2.24, 2.45) is 0 Å². The number of hydrogen-bond acceptors (Lipinski definition) is 6. The number of nitrogens with one attached hydrogen (secondary N) is 1. The molecular weight excluding hydrogens is 398 g/mol. The van der Waals surface area contributed by atoms with Gasteiger partial charge in [0.05, 0.1) is 28.2 Å². The summed E-state index contributed by atoms with van der Waals surface area (Å²) in [5, 5.41) is 3.95. The highest BCUT2D eigenvalue weighted by molar-refractivity contribution is 7.99. The van der Waals surface area contributed by atoms with E-state index in [1.807, 2.05) is 18.2 Å². The van der Waals surface area contributed by atoms with Crippen molar-refractivity contribution in [1.29, 1.82) is 0 Å². The van der Waals surface area contributed by atoms with E-state index < -0.39 is 9.84 Å². The van der Waals surface area contributed by atoms with Gasteiger partial charge in [0.15, 0.2) is 15.0 Å². The summed E-state index contributed by atoms with van der Waals surface area (Å²) < 4.78 is 24.9. The monoisotopic (exact) mass is 421 g/mol. The molecule has 1 aliphatic heterocycles. The largest absolute Gasteiger partial charge is 0.352 e. The standard InChI is InChI=1S/C19H23N3O4S2/c23-17(20-13-9-10-28(25,26)12-13)11-27-19-21-16-8-4-3-7-15(16)18(24)22(19)14-5-1-2-6-14/h3-4,7-8,13-14H,1-2,5-6,9-12H2,(H,20,23)/t13-/m1/s1. The molecule has 1 aromatic carbocycles. The van der Waals surface area contributed by atoms with E-state index in [9.17, 15) is 18.0 Å². The zero-order valence-corrected chi connectivity index (χ0v) is 17.1. The van der Waals surface area contributed by atoms with Crippen LogP contribution in [0.4, 0.5) is 0 Å². The van der Waals surface area contributed by atoms with Crippen molar-refractivity contribution in [3.63, 3.8) is 0 Å². The molecule has 1 amide bonds. The number of benzene rings is 1. The van der Waals surface area contributed by atoms with Crippen LogP contribution >= 0.6 is 11.8 Å². The van der Waals surface area contributed by atoms with Gasteiger partial charge in [-0.3, -0.25) is 14.2 Å². The highest BCUT2D eigenvalue weighted by Crippen LogP contribution is 2.32. The molecule has 0 spiro atoms. The number of thioether (sulfide) groups is 1. The molecule has 150 valence electrons. The van der Waals surface area contributed by atoms with Gasteiger partial charge in [0.1, 0.15) is 0 Å². The summed E-state index contributed by atoms with van der Waals surface area (Å²) in [5.74, 6) is 0.00395. The van der Waals surface area contributed by atoms with E-state index in [1.165, 1.54) is 11.8 Å². The van der Waals surface area contributed by atoms with Crippen LogP contribution in [0.15, 0.2) is 34.2 Å². The van der Waals surface area contributed by atoms with Crippen molar-refractivity contribution in [2.45, 2.75) is 49.3 Å². The first-order valence-electron chi connectivity index (χ1n) is 9.57. The van der Waals surface area contributed by atoms with Crippen molar-refractivity contribution < 1.29 is 13.2 Å². The van der Waals surface area contributed by atoms with E-state index in [0.29, 0.717) is 22.5 Å². The Hall–Kier alpha value is -1.87. The molecule has 4 rings (SSSR count). The number of amides is 1. The van der Waals surface area contributed by atoms with E-state index in [1.54, 1.807) is 10.6 Å². The van der Waals surface area contributed by atoms with Gasteiger partial charge in [-0.15, -0.1) is 0 Å². The van der Waals surface area contributed by atoms with Crippen LogP contribution < -0.4 is 10.9 Å². The minimum atomic E-state index is -3.04. The Morgan fingerprint density at radius 1 is 1.21 bits per heavy atom. The Labute approximate surface area is 167 Å². The summed E-state index contributed by atoms with van der Waals surface area (Å²) in [5.41, 5.74) is 0.578. The summed E-state index contributed by atoms with van der Waals surface area (Å²) in [4.78, 5) is 30.1. The summed E-state index contributed by atoms with van der Waals surface area (Å²) in [6.07, 6.45) is 4.52. The minimum absolute atomic E-state index is 0.00438. The Morgan fingerprint density at radius 2 is 1.96 bits per heavy atom. The van der Waals surface area contributed by atoms with E-state index in [2.05, 4.69) is 10.3 Å². The zero-order chi connectivity index (χ0) is 19.7. The minimum Gasteiger partial charge on any atom is -0.352 e. The Kier molecular flexibility index (Phi) is 5.46. The van der Waals surface area contributed by atoms with Crippen LogP contribution in [0.2, 0.25) is 0 Å². The van der Waals surface area contributed by atoms with Gasteiger partial charge >= 0.3 is 0 Å². The van der Waals surface area contributed by atoms with Crippen molar-refractivity contribution in [2.75, 3.05) is 17.3 Å². The molecule has 0 unspecified atom stereocenters. The van der Waals surface area contributed by atoms with Crippen LogP contribution in [0, 0.1) is 0 Å². The summed E-state index contributed by atoms with van der Waals surface area (Å²) in [6, 6.07) is 7.08. The van der Waals surface area contributed by atoms with Gasteiger partial charge < -0.3 is 5.32 Å². The molecule has 1 saturated heterocycles. The molecule has 9 heteroatoms. The van der Waals surface area contributed by atoms with Crippen LogP contribution in [-0.4, -0.2) is 47.2 Å². The maximum absolute atomic E-state index is 13.1. The molecule has 7 nitrogen and oxygen atoms in total. The first kappa shape index (κ1) is 19.4. The van der Waals surface area contributed by atoms with E-state index in [4.69, 9.17) is 0 Å². The molecule has 1 aromatic heterocycles. The maximum Gasteiger partial charge on any atom is 0.262 e.